The SMILES string of the molecule is CCCC=NOCc1ccc(OC)cc1. The third-order valence-corrected chi connectivity index (χ3v) is 1.96. The second-order valence-corrected chi connectivity index (χ2v) is 3.20. The van der Waals surface area contributed by atoms with Gasteiger partial charge in [-0.05, 0) is 24.1 Å². The maximum atomic E-state index is 5.12. The van der Waals surface area contributed by atoms with Crippen LogP contribution in [0.5, 0.6) is 5.75 Å². The molecule has 0 atom stereocenters. The Morgan fingerprint density at radius 1 is 1.27 bits per heavy atom. The van der Waals surface area contributed by atoms with Crippen molar-refractivity contribution in [1.82, 2.24) is 0 Å². The van der Waals surface area contributed by atoms with Crippen molar-refractivity contribution in [3.05, 3.63) is 29.8 Å². The summed E-state index contributed by atoms with van der Waals surface area (Å²) >= 11 is 0. The molecule has 0 spiro atoms. The molecule has 3 heteroatoms. The molecule has 0 heterocycles. The number of benzene rings is 1. The van der Waals surface area contributed by atoms with Gasteiger partial charge in [0, 0.05) is 6.21 Å². The Bertz CT molecular complexity index is 293. The van der Waals surface area contributed by atoms with E-state index in [1.807, 2.05) is 24.3 Å². The summed E-state index contributed by atoms with van der Waals surface area (Å²) in [6, 6.07) is 7.76. The summed E-state index contributed by atoms with van der Waals surface area (Å²) < 4.78 is 5.06. The van der Waals surface area contributed by atoms with Gasteiger partial charge in [0.2, 0.25) is 0 Å². The van der Waals surface area contributed by atoms with Crippen LogP contribution < -0.4 is 4.74 Å². The first-order valence-corrected chi connectivity index (χ1v) is 5.13. The summed E-state index contributed by atoms with van der Waals surface area (Å²) in [6.45, 7) is 2.61. The van der Waals surface area contributed by atoms with E-state index in [1.165, 1.54) is 0 Å². The second kappa shape index (κ2) is 6.87. The van der Waals surface area contributed by atoms with Gasteiger partial charge in [-0.3, -0.25) is 0 Å². The topological polar surface area (TPSA) is 30.8 Å². The number of oxime groups is 1. The fraction of sp³-hybridized carbons (Fsp3) is 0.417. The zero-order valence-electron chi connectivity index (χ0n) is 9.27. The highest BCUT2D eigenvalue weighted by molar-refractivity contribution is 5.55. The van der Waals surface area contributed by atoms with Crippen LogP contribution in [0.3, 0.4) is 0 Å². The molecular weight excluding hydrogens is 190 g/mol. The molecule has 0 unspecified atom stereocenters. The van der Waals surface area contributed by atoms with E-state index in [0.717, 1.165) is 24.2 Å². The fourth-order valence-electron chi connectivity index (χ4n) is 1.07. The molecule has 0 amide bonds. The highest BCUT2D eigenvalue weighted by atomic mass is 16.6. The zero-order valence-corrected chi connectivity index (χ0v) is 9.27. The molecular formula is C12H17NO2. The first-order chi connectivity index (χ1) is 7.36. The molecule has 3 nitrogen and oxygen atoms in total. The Morgan fingerprint density at radius 2 is 2.00 bits per heavy atom. The number of rotatable bonds is 6. The molecule has 0 radical (unpaired) electrons. The van der Waals surface area contributed by atoms with E-state index in [1.54, 1.807) is 13.3 Å². The molecule has 1 rings (SSSR count). The van der Waals surface area contributed by atoms with Crippen molar-refractivity contribution in [3.63, 3.8) is 0 Å². The van der Waals surface area contributed by atoms with Crippen LogP contribution in [0.25, 0.3) is 0 Å². The van der Waals surface area contributed by atoms with Crippen LogP contribution in [0.2, 0.25) is 0 Å². The van der Waals surface area contributed by atoms with E-state index in [9.17, 15) is 0 Å². The average molecular weight is 207 g/mol. The third-order valence-electron chi connectivity index (χ3n) is 1.96. The maximum absolute atomic E-state index is 5.12. The Labute approximate surface area is 90.7 Å². The maximum Gasteiger partial charge on any atom is 0.142 e. The minimum absolute atomic E-state index is 0.504. The molecule has 0 saturated heterocycles. The van der Waals surface area contributed by atoms with Gasteiger partial charge in [0.15, 0.2) is 0 Å². The molecule has 0 aromatic heterocycles. The highest BCUT2D eigenvalue weighted by Crippen LogP contribution is 2.11. The number of ether oxygens (including phenoxy) is 1. The molecule has 1 aromatic rings. The summed E-state index contributed by atoms with van der Waals surface area (Å²) in [6.07, 6.45) is 3.85. The van der Waals surface area contributed by atoms with Gasteiger partial charge in [0.1, 0.15) is 12.4 Å². The largest absolute Gasteiger partial charge is 0.497 e. The quantitative estimate of drug-likeness (QED) is 0.530. The molecule has 1 aromatic carbocycles. The van der Waals surface area contributed by atoms with Crippen molar-refractivity contribution in [2.75, 3.05) is 7.11 Å². The number of nitrogens with zero attached hydrogens (tertiary/aromatic N) is 1. The van der Waals surface area contributed by atoms with E-state index >= 15 is 0 Å². The van der Waals surface area contributed by atoms with Crippen LogP contribution in [-0.4, -0.2) is 13.3 Å². The van der Waals surface area contributed by atoms with Gasteiger partial charge in [-0.2, -0.15) is 0 Å². The van der Waals surface area contributed by atoms with Crippen LogP contribution in [0, 0.1) is 0 Å². The molecule has 0 bridgehead atoms. The molecule has 0 aliphatic rings. The number of hydrogen-bond acceptors (Lipinski definition) is 3. The summed E-state index contributed by atoms with van der Waals surface area (Å²) in [4.78, 5) is 5.12. The van der Waals surface area contributed by atoms with E-state index in [2.05, 4.69) is 12.1 Å². The molecule has 82 valence electrons. The first kappa shape index (κ1) is 11.6. The summed E-state index contributed by atoms with van der Waals surface area (Å²) in [5.41, 5.74) is 1.09. The third kappa shape index (κ3) is 4.49. The molecule has 0 N–H and O–H groups in total. The number of hydrogen-bond donors (Lipinski definition) is 0. The van der Waals surface area contributed by atoms with Crippen LogP contribution in [0.15, 0.2) is 29.4 Å². The lowest BCUT2D eigenvalue weighted by Gasteiger charge is -2.01. The predicted molar refractivity (Wildman–Crippen MR) is 61.2 cm³/mol. The van der Waals surface area contributed by atoms with Crippen LogP contribution in [0.4, 0.5) is 0 Å². The Morgan fingerprint density at radius 3 is 2.60 bits per heavy atom. The predicted octanol–water partition coefficient (Wildman–Crippen LogP) is 3.00. The lowest BCUT2D eigenvalue weighted by atomic mass is 10.2. The van der Waals surface area contributed by atoms with Crippen molar-refractivity contribution in [3.8, 4) is 5.75 Å². The summed E-state index contributed by atoms with van der Waals surface area (Å²) in [5, 5.41) is 3.84. The second-order valence-electron chi connectivity index (χ2n) is 3.20. The van der Waals surface area contributed by atoms with Crippen LogP contribution in [0.1, 0.15) is 25.3 Å². The van der Waals surface area contributed by atoms with Crippen molar-refractivity contribution in [1.29, 1.82) is 0 Å². The standard InChI is InChI=1S/C12H17NO2/c1-3-4-9-13-15-10-11-5-7-12(14-2)8-6-11/h5-9H,3-4,10H2,1-2H3. The van der Waals surface area contributed by atoms with E-state index in [4.69, 9.17) is 9.57 Å². The van der Waals surface area contributed by atoms with Gasteiger partial charge in [-0.15, -0.1) is 0 Å². The average Bonchev–Trinajstić information content (AvgIpc) is 2.30. The smallest absolute Gasteiger partial charge is 0.142 e. The molecule has 0 aliphatic carbocycles. The molecule has 0 aliphatic heterocycles. The van der Waals surface area contributed by atoms with Crippen molar-refractivity contribution in [2.45, 2.75) is 26.4 Å². The van der Waals surface area contributed by atoms with E-state index in [0.29, 0.717) is 6.61 Å². The fourth-order valence-corrected chi connectivity index (χ4v) is 1.07. The van der Waals surface area contributed by atoms with Gasteiger partial charge in [-0.25, -0.2) is 0 Å². The normalized spacial score (nSPS) is 10.5. The minimum atomic E-state index is 0.504. The van der Waals surface area contributed by atoms with Crippen LogP contribution in [-0.2, 0) is 11.4 Å². The lowest BCUT2D eigenvalue weighted by molar-refractivity contribution is 0.131. The van der Waals surface area contributed by atoms with Gasteiger partial charge >= 0.3 is 0 Å². The van der Waals surface area contributed by atoms with Gasteiger partial charge in [-0.1, -0.05) is 30.6 Å². The Hall–Kier alpha value is -1.51. The monoisotopic (exact) mass is 207 g/mol. The lowest BCUT2D eigenvalue weighted by Crippen LogP contribution is -1.88. The Kier molecular flexibility index (Phi) is 5.30. The van der Waals surface area contributed by atoms with E-state index < -0.39 is 0 Å². The summed E-state index contributed by atoms with van der Waals surface area (Å²) in [5.74, 6) is 0.855. The minimum Gasteiger partial charge on any atom is -0.497 e. The number of unbranched alkanes of at least 4 members (excludes halogenated alkanes) is 1. The Balaban J connectivity index is 2.31. The van der Waals surface area contributed by atoms with Gasteiger partial charge in [0.05, 0.1) is 7.11 Å². The van der Waals surface area contributed by atoms with Crippen molar-refractivity contribution >= 4 is 6.21 Å². The first-order valence-electron chi connectivity index (χ1n) is 5.13. The summed E-state index contributed by atoms with van der Waals surface area (Å²) in [7, 11) is 1.65. The molecule has 15 heavy (non-hydrogen) atoms. The molecule has 0 saturated carbocycles. The van der Waals surface area contributed by atoms with Gasteiger partial charge in [0.25, 0.3) is 0 Å². The van der Waals surface area contributed by atoms with Crippen LogP contribution >= 0.6 is 0 Å². The van der Waals surface area contributed by atoms with Gasteiger partial charge < -0.3 is 9.57 Å². The van der Waals surface area contributed by atoms with Crippen molar-refractivity contribution < 1.29 is 9.57 Å². The zero-order chi connectivity index (χ0) is 10.9. The molecule has 0 fully saturated rings. The number of methoxy groups -OCH3 is 1. The highest BCUT2D eigenvalue weighted by Gasteiger charge is 1.93. The van der Waals surface area contributed by atoms with Crippen molar-refractivity contribution in [2.24, 2.45) is 5.16 Å². The van der Waals surface area contributed by atoms with E-state index in [-0.39, 0.29) is 0 Å².